The van der Waals surface area contributed by atoms with Gasteiger partial charge in [0.25, 0.3) is 0 Å². The van der Waals surface area contributed by atoms with E-state index in [1.54, 1.807) is 7.05 Å². The third-order valence-corrected chi connectivity index (χ3v) is 5.76. The third kappa shape index (κ3) is 7.38. The standard InChI is InChI=1S/C26H36N4O2/c1-3-15-32-20-24-12-8-7-11-23(24)18-29-26(27-2)28-17-22-16-25(31)30(19-22)14-13-21-9-5-4-6-10-21/h4-12,22H,3,13-20H2,1-2H3,(H2,27,28,29). The van der Waals surface area contributed by atoms with E-state index in [9.17, 15) is 4.79 Å². The number of likely N-dealkylation sites (tertiary alicyclic amines) is 1. The van der Waals surface area contributed by atoms with Gasteiger partial charge in [0.2, 0.25) is 5.91 Å². The molecule has 0 bridgehead atoms. The summed E-state index contributed by atoms with van der Waals surface area (Å²) in [6.07, 6.45) is 2.51. The van der Waals surface area contributed by atoms with E-state index >= 15 is 0 Å². The summed E-state index contributed by atoms with van der Waals surface area (Å²) in [6, 6.07) is 18.7. The molecule has 3 rings (SSSR count). The lowest BCUT2D eigenvalue weighted by Crippen LogP contribution is -2.40. The molecule has 0 radical (unpaired) electrons. The van der Waals surface area contributed by atoms with Crippen LogP contribution in [-0.4, -0.2) is 50.1 Å². The van der Waals surface area contributed by atoms with Crippen molar-refractivity contribution in [2.75, 3.05) is 33.3 Å². The maximum absolute atomic E-state index is 12.4. The molecule has 1 atom stereocenters. The number of ether oxygens (including phenoxy) is 1. The molecule has 1 amide bonds. The molecule has 1 aliphatic rings. The summed E-state index contributed by atoms with van der Waals surface area (Å²) in [5.41, 5.74) is 3.67. The molecular weight excluding hydrogens is 400 g/mol. The van der Waals surface area contributed by atoms with E-state index in [1.807, 2.05) is 35.2 Å². The van der Waals surface area contributed by atoms with Crippen LogP contribution in [0.4, 0.5) is 0 Å². The van der Waals surface area contributed by atoms with Crippen molar-refractivity contribution in [1.29, 1.82) is 0 Å². The van der Waals surface area contributed by atoms with Gasteiger partial charge in [0.1, 0.15) is 0 Å². The topological polar surface area (TPSA) is 66.0 Å². The highest BCUT2D eigenvalue weighted by molar-refractivity contribution is 5.80. The van der Waals surface area contributed by atoms with Crippen molar-refractivity contribution in [2.45, 2.75) is 39.3 Å². The van der Waals surface area contributed by atoms with E-state index in [2.05, 4.69) is 46.8 Å². The summed E-state index contributed by atoms with van der Waals surface area (Å²) in [4.78, 5) is 18.8. The molecule has 2 aromatic rings. The smallest absolute Gasteiger partial charge is 0.223 e. The Morgan fingerprint density at radius 1 is 1.09 bits per heavy atom. The van der Waals surface area contributed by atoms with E-state index in [1.165, 1.54) is 16.7 Å². The zero-order valence-corrected chi connectivity index (χ0v) is 19.3. The summed E-state index contributed by atoms with van der Waals surface area (Å²) in [5, 5.41) is 6.79. The second kappa shape index (κ2) is 12.9. The molecule has 0 aromatic heterocycles. The van der Waals surface area contributed by atoms with Crippen LogP contribution in [0.25, 0.3) is 0 Å². The Balaban J connectivity index is 1.42. The van der Waals surface area contributed by atoms with Gasteiger partial charge in [-0.1, -0.05) is 61.5 Å². The Kier molecular flexibility index (Phi) is 9.57. The Morgan fingerprint density at radius 3 is 2.59 bits per heavy atom. The molecule has 1 saturated heterocycles. The van der Waals surface area contributed by atoms with E-state index in [0.717, 1.165) is 45.0 Å². The molecule has 6 nitrogen and oxygen atoms in total. The van der Waals surface area contributed by atoms with Gasteiger partial charge in [0.05, 0.1) is 6.61 Å². The number of hydrogen-bond acceptors (Lipinski definition) is 3. The van der Waals surface area contributed by atoms with Gasteiger partial charge in [0, 0.05) is 52.2 Å². The van der Waals surface area contributed by atoms with Crippen LogP contribution in [0.15, 0.2) is 59.6 Å². The quantitative estimate of drug-likeness (QED) is 0.322. The highest BCUT2D eigenvalue weighted by Crippen LogP contribution is 2.17. The maximum Gasteiger partial charge on any atom is 0.223 e. The van der Waals surface area contributed by atoms with Crippen molar-refractivity contribution >= 4 is 11.9 Å². The molecule has 0 saturated carbocycles. The van der Waals surface area contributed by atoms with Crippen LogP contribution in [0.3, 0.4) is 0 Å². The summed E-state index contributed by atoms with van der Waals surface area (Å²) >= 11 is 0. The van der Waals surface area contributed by atoms with Crippen molar-refractivity contribution in [3.63, 3.8) is 0 Å². The molecule has 32 heavy (non-hydrogen) atoms. The van der Waals surface area contributed by atoms with Crippen LogP contribution in [0, 0.1) is 5.92 Å². The highest BCUT2D eigenvalue weighted by atomic mass is 16.5. The summed E-state index contributed by atoms with van der Waals surface area (Å²) in [5.74, 6) is 1.30. The largest absolute Gasteiger partial charge is 0.377 e. The molecule has 6 heteroatoms. The first kappa shape index (κ1) is 23.8. The lowest BCUT2D eigenvalue weighted by atomic mass is 10.1. The van der Waals surface area contributed by atoms with Crippen LogP contribution in [0.2, 0.25) is 0 Å². The van der Waals surface area contributed by atoms with E-state index in [-0.39, 0.29) is 5.91 Å². The highest BCUT2D eigenvalue weighted by Gasteiger charge is 2.29. The van der Waals surface area contributed by atoms with Crippen molar-refractivity contribution in [1.82, 2.24) is 15.5 Å². The van der Waals surface area contributed by atoms with Crippen LogP contribution in [0.5, 0.6) is 0 Å². The number of aliphatic imine (C=N–C) groups is 1. The van der Waals surface area contributed by atoms with E-state index < -0.39 is 0 Å². The number of nitrogens with zero attached hydrogens (tertiary/aromatic N) is 2. The van der Waals surface area contributed by atoms with Gasteiger partial charge in [-0.2, -0.15) is 0 Å². The maximum atomic E-state index is 12.4. The Bertz CT molecular complexity index is 869. The average molecular weight is 437 g/mol. The zero-order chi connectivity index (χ0) is 22.6. The van der Waals surface area contributed by atoms with Crippen molar-refractivity contribution in [2.24, 2.45) is 10.9 Å². The van der Waals surface area contributed by atoms with Crippen molar-refractivity contribution in [3.05, 3.63) is 71.3 Å². The second-order valence-corrected chi connectivity index (χ2v) is 8.27. The number of hydrogen-bond donors (Lipinski definition) is 2. The SMILES string of the molecule is CCCOCc1ccccc1CNC(=NC)NCC1CC(=O)N(CCc2ccccc2)C1. The summed E-state index contributed by atoms with van der Waals surface area (Å²) in [7, 11) is 1.78. The van der Waals surface area contributed by atoms with Gasteiger partial charge in [-0.15, -0.1) is 0 Å². The van der Waals surface area contributed by atoms with Crippen LogP contribution in [-0.2, 0) is 29.1 Å². The zero-order valence-electron chi connectivity index (χ0n) is 19.3. The summed E-state index contributed by atoms with van der Waals surface area (Å²) < 4.78 is 5.72. The van der Waals surface area contributed by atoms with Gasteiger partial charge < -0.3 is 20.3 Å². The molecule has 1 fully saturated rings. The van der Waals surface area contributed by atoms with Gasteiger partial charge >= 0.3 is 0 Å². The van der Waals surface area contributed by atoms with Gasteiger partial charge in [-0.3, -0.25) is 9.79 Å². The van der Waals surface area contributed by atoms with Crippen LogP contribution >= 0.6 is 0 Å². The first-order valence-electron chi connectivity index (χ1n) is 11.6. The van der Waals surface area contributed by atoms with Gasteiger partial charge in [-0.05, 0) is 29.5 Å². The Hall–Kier alpha value is -2.86. The number of amides is 1. The fourth-order valence-electron chi connectivity index (χ4n) is 3.95. The number of rotatable bonds is 11. The molecular formula is C26H36N4O2. The van der Waals surface area contributed by atoms with Crippen LogP contribution < -0.4 is 10.6 Å². The minimum absolute atomic E-state index is 0.247. The van der Waals surface area contributed by atoms with E-state index in [4.69, 9.17) is 4.74 Å². The summed E-state index contributed by atoms with van der Waals surface area (Å²) in [6.45, 7) is 6.50. The molecule has 1 aliphatic heterocycles. The van der Waals surface area contributed by atoms with Gasteiger partial charge in [0.15, 0.2) is 5.96 Å². The second-order valence-electron chi connectivity index (χ2n) is 8.27. The van der Waals surface area contributed by atoms with Crippen molar-refractivity contribution < 1.29 is 9.53 Å². The fraction of sp³-hybridized carbons (Fsp3) is 0.462. The van der Waals surface area contributed by atoms with E-state index in [0.29, 0.717) is 25.5 Å². The number of nitrogens with one attached hydrogen (secondary N) is 2. The minimum Gasteiger partial charge on any atom is -0.377 e. The molecule has 172 valence electrons. The molecule has 2 N–H and O–H groups in total. The molecule has 1 unspecified atom stereocenters. The predicted molar refractivity (Wildman–Crippen MR) is 129 cm³/mol. The molecule has 0 aliphatic carbocycles. The van der Waals surface area contributed by atoms with Crippen molar-refractivity contribution in [3.8, 4) is 0 Å². The first-order chi connectivity index (χ1) is 15.7. The fourth-order valence-corrected chi connectivity index (χ4v) is 3.95. The minimum atomic E-state index is 0.247. The average Bonchev–Trinajstić information content (AvgIpc) is 3.18. The molecule has 0 spiro atoms. The predicted octanol–water partition coefficient (Wildman–Crippen LogP) is 3.37. The third-order valence-electron chi connectivity index (χ3n) is 5.76. The first-order valence-corrected chi connectivity index (χ1v) is 11.6. The van der Waals surface area contributed by atoms with Crippen LogP contribution in [0.1, 0.15) is 36.5 Å². The Morgan fingerprint density at radius 2 is 1.84 bits per heavy atom. The lowest BCUT2D eigenvalue weighted by Gasteiger charge is -2.18. The normalized spacial score (nSPS) is 16.4. The lowest BCUT2D eigenvalue weighted by molar-refractivity contribution is -0.127. The molecule has 2 aromatic carbocycles. The number of guanidine groups is 1. The van der Waals surface area contributed by atoms with Gasteiger partial charge in [-0.25, -0.2) is 0 Å². The number of carbonyl (C=O) groups excluding carboxylic acids is 1. The molecule has 1 heterocycles. The number of benzene rings is 2. The number of carbonyl (C=O) groups is 1. The Labute approximate surface area is 192 Å². The monoisotopic (exact) mass is 436 g/mol.